The van der Waals surface area contributed by atoms with Crippen LogP contribution in [0.25, 0.3) is 0 Å². The predicted octanol–water partition coefficient (Wildman–Crippen LogP) is 2.16. The average molecular weight is 326 g/mol. The third-order valence-corrected chi connectivity index (χ3v) is 4.53. The monoisotopic (exact) mass is 326 g/mol. The highest BCUT2D eigenvalue weighted by Gasteiger charge is 2.11. The van der Waals surface area contributed by atoms with Crippen molar-refractivity contribution in [2.75, 3.05) is 7.05 Å². The van der Waals surface area contributed by atoms with E-state index in [1.807, 2.05) is 0 Å². The summed E-state index contributed by atoms with van der Waals surface area (Å²) >= 11 is 0. The molecule has 0 aliphatic heterocycles. The molecule has 0 spiro atoms. The Kier molecular flexibility index (Phi) is 5.23. The van der Waals surface area contributed by atoms with Gasteiger partial charge in [0, 0.05) is 13.1 Å². The summed E-state index contributed by atoms with van der Waals surface area (Å²) in [7, 11) is -2.13. The van der Waals surface area contributed by atoms with Gasteiger partial charge in [-0.05, 0) is 42.4 Å². The van der Waals surface area contributed by atoms with Crippen molar-refractivity contribution in [1.29, 1.82) is 0 Å². The number of sulfonamides is 1. The van der Waals surface area contributed by atoms with Crippen LogP contribution in [0.1, 0.15) is 11.1 Å². The van der Waals surface area contributed by atoms with Crippen molar-refractivity contribution in [1.82, 2.24) is 10.0 Å². The lowest BCUT2D eigenvalue weighted by molar-refractivity contribution is 0.506. The Morgan fingerprint density at radius 2 is 1.64 bits per heavy atom. The summed E-state index contributed by atoms with van der Waals surface area (Å²) in [5.41, 5.74) is 1.39. The number of hydrogen-bond donors (Lipinski definition) is 2. The van der Waals surface area contributed by atoms with Crippen LogP contribution in [-0.4, -0.2) is 15.5 Å². The van der Waals surface area contributed by atoms with Crippen LogP contribution in [0.5, 0.6) is 0 Å². The highest BCUT2D eigenvalue weighted by atomic mass is 32.2. The first-order valence-electron chi connectivity index (χ1n) is 6.59. The van der Waals surface area contributed by atoms with E-state index in [1.165, 1.54) is 19.2 Å². The van der Waals surface area contributed by atoms with Gasteiger partial charge in [-0.3, -0.25) is 0 Å². The molecule has 7 heteroatoms. The van der Waals surface area contributed by atoms with Crippen molar-refractivity contribution < 1.29 is 17.2 Å². The molecule has 0 radical (unpaired) electrons. The van der Waals surface area contributed by atoms with Crippen molar-refractivity contribution in [3.63, 3.8) is 0 Å². The van der Waals surface area contributed by atoms with Gasteiger partial charge in [-0.2, -0.15) is 0 Å². The van der Waals surface area contributed by atoms with E-state index < -0.39 is 21.7 Å². The van der Waals surface area contributed by atoms with Crippen molar-refractivity contribution in [3.05, 3.63) is 65.2 Å². The lowest BCUT2D eigenvalue weighted by Gasteiger charge is -2.08. The molecule has 0 aromatic heterocycles. The Labute approximate surface area is 128 Å². The molecule has 2 aromatic rings. The third-order valence-electron chi connectivity index (χ3n) is 3.12. The minimum absolute atomic E-state index is 0.183. The van der Waals surface area contributed by atoms with Crippen LogP contribution in [0.2, 0.25) is 0 Å². The minimum atomic E-state index is -3.48. The Morgan fingerprint density at radius 3 is 2.27 bits per heavy atom. The number of nitrogens with one attached hydrogen (secondary N) is 2. The largest absolute Gasteiger partial charge is 0.309 e. The van der Waals surface area contributed by atoms with Gasteiger partial charge in [0.1, 0.15) is 0 Å². The van der Waals surface area contributed by atoms with Crippen molar-refractivity contribution in [3.8, 4) is 0 Å². The Bertz CT molecular complexity index is 764. The average Bonchev–Trinajstić information content (AvgIpc) is 2.51. The van der Waals surface area contributed by atoms with Crippen molar-refractivity contribution >= 4 is 10.0 Å². The molecule has 0 atom stereocenters. The molecule has 0 heterocycles. The topological polar surface area (TPSA) is 58.2 Å². The maximum Gasteiger partial charge on any atom is 0.240 e. The summed E-state index contributed by atoms with van der Waals surface area (Å²) in [6, 6.07) is 10.2. The standard InChI is InChI=1S/C15H16F2N2O2S/c1-18-22(20,21)13-4-2-3-11(7-13)9-19-10-12-5-6-14(16)15(17)8-12/h2-8,18-19H,9-10H2,1H3. The Hall–Kier alpha value is -1.83. The zero-order valence-corrected chi connectivity index (χ0v) is 12.8. The maximum absolute atomic E-state index is 13.1. The molecule has 22 heavy (non-hydrogen) atoms. The van der Waals surface area contributed by atoms with Crippen LogP contribution in [0.15, 0.2) is 47.4 Å². The molecule has 0 bridgehead atoms. The second-order valence-corrected chi connectivity index (χ2v) is 6.59. The van der Waals surface area contributed by atoms with Gasteiger partial charge in [-0.15, -0.1) is 0 Å². The summed E-state index contributed by atoms with van der Waals surface area (Å²) in [5, 5.41) is 3.06. The lowest BCUT2D eigenvalue weighted by atomic mass is 10.2. The zero-order valence-electron chi connectivity index (χ0n) is 11.9. The van der Waals surface area contributed by atoms with E-state index in [4.69, 9.17) is 0 Å². The van der Waals surface area contributed by atoms with Crippen LogP contribution in [-0.2, 0) is 23.1 Å². The SMILES string of the molecule is CNS(=O)(=O)c1cccc(CNCc2ccc(F)c(F)c2)c1. The molecule has 118 valence electrons. The maximum atomic E-state index is 13.1. The third kappa shape index (κ3) is 4.09. The summed E-state index contributed by atoms with van der Waals surface area (Å²) in [5.74, 6) is -1.77. The molecular weight excluding hydrogens is 310 g/mol. The van der Waals surface area contributed by atoms with Gasteiger partial charge in [0.05, 0.1) is 4.90 Å². The molecule has 0 amide bonds. The molecule has 4 nitrogen and oxygen atoms in total. The van der Waals surface area contributed by atoms with Crippen LogP contribution in [0.3, 0.4) is 0 Å². The molecule has 2 rings (SSSR count). The van der Waals surface area contributed by atoms with Crippen molar-refractivity contribution in [2.24, 2.45) is 0 Å². The number of rotatable bonds is 6. The van der Waals surface area contributed by atoms with Crippen LogP contribution < -0.4 is 10.0 Å². The molecule has 0 aliphatic rings. The van der Waals surface area contributed by atoms with E-state index in [9.17, 15) is 17.2 Å². The van der Waals surface area contributed by atoms with Gasteiger partial charge in [0.2, 0.25) is 10.0 Å². The zero-order chi connectivity index (χ0) is 16.2. The summed E-state index contributed by atoms with van der Waals surface area (Å²) in [6.45, 7) is 0.756. The molecular formula is C15H16F2N2O2S. The molecule has 0 saturated heterocycles. The van der Waals surface area contributed by atoms with E-state index in [0.717, 1.165) is 17.7 Å². The van der Waals surface area contributed by atoms with Crippen LogP contribution in [0.4, 0.5) is 8.78 Å². The summed E-state index contributed by atoms with van der Waals surface area (Å²) in [4.78, 5) is 0.183. The normalized spacial score (nSPS) is 11.6. The van der Waals surface area contributed by atoms with Gasteiger partial charge in [-0.25, -0.2) is 21.9 Å². The fraction of sp³-hybridized carbons (Fsp3) is 0.200. The smallest absolute Gasteiger partial charge is 0.240 e. The van der Waals surface area contributed by atoms with Crippen LogP contribution in [0, 0.1) is 11.6 Å². The van der Waals surface area contributed by atoms with Gasteiger partial charge in [0.15, 0.2) is 11.6 Å². The molecule has 0 fully saturated rings. The number of benzene rings is 2. The van der Waals surface area contributed by atoms with E-state index in [2.05, 4.69) is 10.0 Å². The van der Waals surface area contributed by atoms with Gasteiger partial charge < -0.3 is 5.32 Å². The van der Waals surface area contributed by atoms with Gasteiger partial charge in [0.25, 0.3) is 0 Å². The number of hydrogen-bond acceptors (Lipinski definition) is 3. The lowest BCUT2D eigenvalue weighted by Crippen LogP contribution is -2.19. The Morgan fingerprint density at radius 1 is 0.955 bits per heavy atom. The Balaban J connectivity index is 2.00. The van der Waals surface area contributed by atoms with E-state index in [-0.39, 0.29) is 4.90 Å². The molecule has 0 saturated carbocycles. The molecule has 2 aromatic carbocycles. The first kappa shape index (κ1) is 16.5. The number of halogens is 2. The van der Waals surface area contributed by atoms with E-state index in [0.29, 0.717) is 18.7 Å². The van der Waals surface area contributed by atoms with Gasteiger partial charge in [-0.1, -0.05) is 18.2 Å². The quantitative estimate of drug-likeness (QED) is 0.855. The fourth-order valence-electron chi connectivity index (χ4n) is 1.94. The van der Waals surface area contributed by atoms with Crippen LogP contribution >= 0.6 is 0 Å². The predicted molar refractivity (Wildman–Crippen MR) is 79.6 cm³/mol. The highest BCUT2D eigenvalue weighted by molar-refractivity contribution is 7.89. The summed E-state index contributed by atoms with van der Waals surface area (Å²) in [6.07, 6.45) is 0. The first-order valence-corrected chi connectivity index (χ1v) is 8.08. The fourth-order valence-corrected chi connectivity index (χ4v) is 2.74. The first-order chi connectivity index (χ1) is 10.4. The second-order valence-electron chi connectivity index (χ2n) is 4.71. The second kappa shape index (κ2) is 6.95. The van der Waals surface area contributed by atoms with E-state index >= 15 is 0 Å². The summed E-state index contributed by atoms with van der Waals surface area (Å²) < 4.78 is 51.6. The molecule has 0 unspecified atom stereocenters. The van der Waals surface area contributed by atoms with Crippen molar-refractivity contribution in [2.45, 2.75) is 18.0 Å². The molecule has 2 N–H and O–H groups in total. The molecule has 0 aliphatic carbocycles. The minimum Gasteiger partial charge on any atom is -0.309 e. The van der Waals surface area contributed by atoms with E-state index in [1.54, 1.807) is 18.2 Å². The van der Waals surface area contributed by atoms with Gasteiger partial charge >= 0.3 is 0 Å². The highest BCUT2D eigenvalue weighted by Crippen LogP contribution is 2.12.